The lowest BCUT2D eigenvalue weighted by Gasteiger charge is -2.36. The topological polar surface area (TPSA) is 55.8 Å². The molecular weight excluding hydrogens is 371 g/mol. The smallest absolute Gasteiger partial charge is 0.347 e. The van der Waals surface area contributed by atoms with Gasteiger partial charge in [0.05, 0.1) is 28.7 Å². The summed E-state index contributed by atoms with van der Waals surface area (Å²) in [7, 11) is -4.04. The molecule has 0 radical (unpaired) electrons. The number of sulfonamides is 1. The molecule has 0 amide bonds. The Morgan fingerprint density at radius 1 is 1.12 bits per heavy atom. The van der Waals surface area contributed by atoms with E-state index in [4.69, 9.17) is 21.1 Å². The van der Waals surface area contributed by atoms with Gasteiger partial charge in [0.2, 0.25) is 10.0 Å². The fourth-order valence-electron chi connectivity index (χ4n) is 2.88. The summed E-state index contributed by atoms with van der Waals surface area (Å²) in [5, 5.41) is -0.535. The molecular formula is C14H15ClF3NO4S. The first-order valence-corrected chi connectivity index (χ1v) is 9.11. The van der Waals surface area contributed by atoms with Gasteiger partial charge >= 0.3 is 6.18 Å². The SMILES string of the molecule is O=S(=O)(c1ccc(Cl)c(C(F)(F)F)c1)N1CCC2(CC1)OCCO2. The van der Waals surface area contributed by atoms with Crippen LogP contribution in [0.15, 0.2) is 23.1 Å². The summed E-state index contributed by atoms with van der Waals surface area (Å²) in [6, 6.07) is 2.61. The van der Waals surface area contributed by atoms with Crippen molar-refractivity contribution in [3.8, 4) is 0 Å². The Labute approximate surface area is 142 Å². The molecule has 0 aromatic heterocycles. The van der Waals surface area contributed by atoms with Crippen LogP contribution in [0.1, 0.15) is 18.4 Å². The number of halogens is 4. The molecule has 0 atom stereocenters. The fourth-order valence-corrected chi connectivity index (χ4v) is 4.58. The first-order chi connectivity index (χ1) is 11.1. The van der Waals surface area contributed by atoms with Crippen molar-refractivity contribution in [2.75, 3.05) is 26.3 Å². The van der Waals surface area contributed by atoms with E-state index < -0.39 is 37.5 Å². The van der Waals surface area contributed by atoms with Gasteiger partial charge in [-0.1, -0.05) is 11.6 Å². The van der Waals surface area contributed by atoms with Crippen LogP contribution in [-0.2, 0) is 25.7 Å². The molecule has 2 aliphatic heterocycles. The van der Waals surface area contributed by atoms with Crippen LogP contribution in [0.4, 0.5) is 13.2 Å². The van der Waals surface area contributed by atoms with Crippen LogP contribution >= 0.6 is 11.6 Å². The Kier molecular flexibility index (Phi) is 4.59. The molecule has 2 saturated heterocycles. The van der Waals surface area contributed by atoms with E-state index in [1.54, 1.807) is 0 Å². The van der Waals surface area contributed by atoms with Gasteiger partial charge in [0.25, 0.3) is 0 Å². The summed E-state index contributed by atoms with van der Waals surface area (Å²) < 4.78 is 76.2. The van der Waals surface area contributed by atoms with Gasteiger partial charge in [0.15, 0.2) is 5.79 Å². The molecule has 1 aromatic rings. The number of hydrogen-bond donors (Lipinski definition) is 0. The predicted octanol–water partition coefficient (Wildman–Crippen LogP) is 2.89. The van der Waals surface area contributed by atoms with Crippen molar-refractivity contribution in [3.05, 3.63) is 28.8 Å². The van der Waals surface area contributed by atoms with Gasteiger partial charge in [-0.15, -0.1) is 0 Å². The average Bonchev–Trinajstić information content (AvgIpc) is 2.95. The molecule has 134 valence electrons. The number of nitrogens with zero attached hydrogens (tertiary/aromatic N) is 1. The second-order valence-corrected chi connectivity index (χ2v) is 8.00. The lowest BCUT2D eigenvalue weighted by molar-refractivity contribution is -0.179. The number of hydrogen-bond acceptors (Lipinski definition) is 4. The van der Waals surface area contributed by atoms with Crippen molar-refractivity contribution in [2.45, 2.75) is 29.7 Å². The molecule has 5 nitrogen and oxygen atoms in total. The molecule has 3 rings (SSSR count). The highest BCUT2D eigenvalue weighted by Gasteiger charge is 2.43. The van der Waals surface area contributed by atoms with Crippen LogP contribution in [0.5, 0.6) is 0 Å². The molecule has 0 N–H and O–H groups in total. The Balaban J connectivity index is 1.84. The van der Waals surface area contributed by atoms with Crippen molar-refractivity contribution in [2.24, 2.45) is 0 Å². The minimum absolute atomic E-state index is 0.117. The highest BCUT2D eigenvalue weighted by atomic mass is 35.5. The van der Waals surface area contributed by atoms with Crippen LogP contribution in [0.25, 0.3) is 0 Å². The Hall–Kier alpha value is -0.870. The number of alkyl halides is 3. The zero-order chi connectivity index (χ0) is 17.6. The highest BCUT2D eigenvalue weighted by molar-refractivity contribution is 7.89. The zero-order valence-electron chi connectivity index (χ0n) is 12.5. The molecule has 2 heterocycles. The monoisotopic (exact) mass is 385 g/mol. The van der Waals surface area contributed by atoms with Crippen LogP contribution in [-0.4, -0.2) is 44.8 Å². The third-order valence-corrected chi connectivity index (χ3v) is 6.40. The lowest BCUT2D eigenvalue weighted by atomic mass is 10.1. The van der Waals surface area contributed by atoms with Crippen molar-refractivity contribution >= 4 is 21.6 Å². The fraction of sp³-hybridized carbons (Fsp3) is 0.571. The highest BCUT2D eigenvalue weighted by Crippen LogP contribution is 2.37. The lowest BCUT2D eigenvalue weighted by Crippen LogP contribution is -2.47. The molecule has 2 aliphatic rings. The van der Waals surface area contributed by atoms with E-state index in [0.717, 1.165) is 16.4 Å². The molecule has 24 heavy (non-hydrogen) atoms. The summed E-state index contributed by atoms with van der Waals surface area (Å²) >= 11 is 5.54. The van der Waals surface area contributed by atoms with Gasteiger partial charge in [-0.25, -0.2) is 8.42 Å². The van der Waals surface area contributed by atoms with Crippen molar-refractivity contribution < 1.29 is 31.1 Å². The summed E-state index contributed by atoms with van der Waals surface area (Å²) in [4.78, 5) is -0.427. The molecule has 1 spiro atoms. The normalized spacial score (nSPS) is 22.2. The van der Waals surface area contributed by atoms with Crippen LogP contribution in [0, 0.1) is 0 Å². The first-order valence-electron chi connectivity index (χ1n) is 7.29. The minimum atomic E-state index is -4.72. The second kappa shape index (κ2) is 6.14. The van der Waals surface area contributed by atoms with E-state index in [9.17, 15) is 21.6 Å². The molecule has 1 aromatic carbocycles. The van der Waals surface area contributed by atoms with Crippen molar-refractivity contribution in [3.63, 3.8) is 0 Å². The molecule has 0 aliphatic carbocycles. The van der Waals surface area contributed by atoms with Crippen LogP contribution in [0.2, 0.25) is 5.02 Å². The van der Waals surface area contributed by atoms with E-state index in [-0.39, 0.29) is 13.1 Å². The summed E-state index contributed by atoms with van der Waals surface area (Å²) in [5.74, 6) is -0.761. The maximum atomic E-state index is 12.9. The maximum absolute atomic E-state index is 12.9. The Morgan fingerprint density at radius 3 is 2.25 bits per heavy atom. The standard InChI is InChI=1S/C14H15ClF3NO4S/c15-12-2-1-10(9-11(12)14(16,17)18)24(20,21)19-5-3-13(4-6-19)22-7-8-23-13/h1-2,9H,3-8H2. The summed E-state index contributed by atoms with van der Waals surface area (Å²) in [5.41, 5.74) is -1.17. The maximum Gasteiger partial charge on any atom is 0.417 e. The van der Waals surface area contributed by atoms with Gasteiger partial charge in [-0.2, -0.15) is 17.5 Å². The quantitative estimate of drug-likeness (QED) is 0.785. The molecule has 0 bridgehead atoms. The van der Waals surface area contributed by atoms with Crippen molar-refractivity contribution in [1.29, 1.82) is 0 Å². The van der Waals surface area contributed by atoms with E-state index in [0.29, 0.717) is 32.1 Å². The summed E-state index contributed by atoms with van der Waals surface area (Å²) in [6.45, 7) is 1.15. The second-order valence-electron chi connectivity index (χ2n) is 5.65. The van der Waals surface area contributed by atoms with Crippen molar-refractivity contribution in [1.82, 2.24) is 4.31 Å². The Bertz CT molecular complexity index is 722. The third-order valence-electron chi connectivity index (χ3n) is 4.18. The van der Waals surface area contributed by atoms with Gasteiger partial charge in [-0.05, 0) is 18.2 Å². The van der Waals surface area contributed by atoms with E-state index in [2.05, 4.69) is 0 Å². The average molecular weight is 386 g/mol. The number of piperidine rings is 1. The number of benzene rings is 1. The van der Waals surface area contributed by atoms with Crippen LogP contribution < -0.4 is 0 Å². The van der Waals surface area contributed by atoms with E-state index in [1.165, 1.54) is 0 Å². The number of ether oxygens (including phenoxy) is 2. The van der Waals surface area contributed by atoms with Gasteiger partial charge in [0, 0.05) is 25.9 Å². The largest absolute Gasteiger partial charge is 0.417 e. The molecule has 2 fully saturated rings. The Morgan fingerprint density at radius 2 is 1.71 bits per heavy atom. The summed E-state index contributed by atoms with van der Waals surface area (Å²) in [6.07, 6.45) is -4.04. The molecule has 0 unspecified atom stereocenters. The molecule has 10 heteroatoms. The van der Waals surface area contributed by atoms with Gasteiger partial charge < -0.3 is 9.47 Å². The molecule has 0 saturated carbocycles. The van der Waals surface area contributed by atoms with Gasteiger partial charge in [0.1, 0.15) is 0 Å². The minimum Gasteiger partial charge on any atom is -0.347 e. The first kappa shape index (κ1) is 17.9. The zero-order valence-corrected chi connectivity index (χ0v) is 14.0. The van der Waals surface area contributed by atoms with E-state index in [1.807, 2.05) is 0 Å². The number of rotatable bonds is 2. The van der Waals surface area contributed by atoms with Crippen LogP contribution in [0.3, 0.4) is 0 Å². The predicted molar refractivity (Wildman–Crippen MR) is 79.1 cm³/mol. The van der Waals surface area contributed by atoms with Gasteiger partial charge in [-0.3, -0.25) is 0 Å². The van der Waals surface area contributed by atoms with E-state index >= 15 is 0 Å². The third kappa shape index (κ3) is 3.28.